The number of carbonyl (C=O) groups excluding carboxylic acids is 1. The molecule has 5 heteroatoms. The third-order valence-electron chi connectivity index (χ3n) is 11.8. The number of alkyl carbamates (subject to hydrolysis) is 1. The summed E-state index contributed by atoms with van der Waals surface area (Å²) in [6.45, 7) is 14.5. The van der Waals surface area contributed by atoms with Crippen LogP contribution in [0.15, 0.2) is 11.6 Å². The molecule has 218 valence electrons. The summed E-state index contributed by atoms with van der Waals surface area (Å²) >= 11 is 0. The summed E-state index contributed by atoms with van der Waals surface area (Å²) in [6.07, 6.45) is 16.4. The normalized spacial score (nSPS) is 37.3. The molecule has 0 saturated heterocycles. The minimum absolute atomic E-state index is 0.00236. The molecule has 4 rings (SSSR count). The molecule has 2 N–H and O–H groups in total. The molecule has 3 unspecified atom stereocenters. The second-order valence-electron chi connectivity index (χ2n) is 14.5. The molecule has 0 radical (unpaired) electrons. The largest absolute Gasteiger partial charge is 0.446 e. The lowest BCUT2D eigenvalue weighted by molar-refractivity contribution is -0.0581. The van der Waals surface area contributed by atoms with Crippen molar-refractivity contribution in [2.24, 2.45) is 46.3 Å². The summed E-state index contributed by atoms with van der Waals surface area (Å²) in [6, 6.07) is 0. The SMILES string of the molecule is CC(C)CCC[C@@H](C)[C@H]1CC[C@H]2[C@@H]3CC=C4CC(OC(=O)NCCN(C)CCO)CCC4(C)[C@H]3CCC12C. The Morgan fingerprint density at radius 1 is 1.11 bits per heavy atom. The number of nitrogens with zero attached hydrogens (tertiary/aromatic N) is 1. The van der Waals surface area contributed by atoms with E-state index >= 15 is 0 Å². The summed E-state index contributed by atoms with van der Waals surface area (Å²) in [4.78, 5) is 14.4. The van der Waals surface area contributed by atoms with Crippen LogP contribution in [0, 0.1) is 46.3 Å². The van der Waals surface area contributed by atoms with Crippen molar-refractivity contribution in [1.29, 1.82) is 0 Å². The lowest BCUT2D eigenvalue weighted by Gasteiger charge is -2.58. The molecular weight excluding hydrogens is 472 g/mol. The van der Waals surface area contributed by atoms with Gasteiger partial charge < -0.3 is 20.1 Å². The molecule has 5 nitrogen and oxygen atoms in total. The number of rotatable bonds is 11. The molecule has 0 spiro atoms. The van der Waals surface area contributed by atoms with Crippen molar-refractivity contribution in [3.8, 4) is 0 Å². The minimum Gasteiger partial charge on any atom is -0.446 e. The molecule has 0 bridgehead atoms. The number of likely N-dealkylation sites (N-methyl/N-ethyl adjacent to an activating group) is 1. The van der Waals surface area contributed by atoms with Crippen LogP contribution in [0.25, 0.3) is 0 Å². The van der Waals surface area contributed by atoms with E-state index in [1.54, 1.807) is 5.57 Å². The number of amides is 1. The van der Waals surface area contributed by atoms with Gasteiger partial charge in [0.2, 0.25) is 0 Å². The molecule has 3 fully saturated rings. The average molecular weight is 531 g/mol. The fraction of sp³-hybridized carbons (Fsp3) is 0.909. The molecular formula is C33H58N2O3. The second-order valence-corrected chi connectivity index (χ2v) is 14.5. The van der Waals surface area contributed by atoms with Crippen LogP contribution in [-0.2, 0) is 4.74 Å². The lowest BCUT2D eigenvalue weighted by atomic mass is 9.47. The number of allylic oxidation sites excluding steroid dienone is 1. The monoisotopic (exact) mass is 530 g/mol. The molecule has 3 saturated carbocycles. The van der Waals surface area contributed by atoms with Crippen molar-refractivity contribution in [2.45, 2.75) is 111 Å². The Morgan fingerprint density at radius 3 is 2.63 bits per heavy atom. The Balaban J connectivity index is 1.33. The van der Waals surface area contributed by atoms with Gasteiger partial charge >= 0.3 is 6.09 Å². The third-order valence-corrected chi connectivity index (χ3v) is 11.8. The molecule has 0 aromatic rings. The van der Waals surface area contributed by atoms with Crippen molar-refractivity contribution in [3.05, 3.63) is 11.6 Å². The van der Waals surface area contributed by atoms with Crippen LogP contribution in [-0.4, -0.2) is 55.5 Å². The summed E-state index contributed by atoms with van der Waals surface area (Å²) in [7, 11) is 1.95. The highest BCUT2D eigenvalue weighted by Crippen LogP contribution is 2.67. The topological polar surface area (TPSA) is 61.8 Å². The first-order valence-electron chi connectivity index (χ1n) is 16.0. The van der Waals surface area contributed by atoms with Crippen LogP contribution >= 0.6 is 0 Å². The number of aliphatic hydroxyl groups excluding tert-OH is 1. The molecule has 0 heterocycles. The van der Waals surface area contributed by atoms with Gasteiger partial charge in [-0.05, 0) is 98.3 Å². The van der Waals surface area contributed by atoms with Crippen molar-refractivity contribution >= 4 is 6.09 Å². The highest BCUT2D eigenvalue weighted by Gasteiger charge is 2.59. The summed E-state index contributed by atoms with van der Waals surface area (Å²) in [5.74, 6) is 5.12. The third kappa shape index (κ3) is 6.29. The van der Waals surface area contributed by atoms with Gasteiger partial charge in [-0.2, -0.15) is 0 Å². The Bertz CT molecular complexity index is 827. The van der Waals surface area contributed by atoms with E-state index in [0.29, 0.717) is 25.0 Å². The Kier molecular flexibility index (Phi) is 9.93. The van der Waals surface area contributed by atoms with E-state index in [1.165, 1.54) is 51.4 Å². The highest BCUT2D eigenvalue weighted by atomic mass is 16.6. The standard InChI is InChI=1S/C33H58N2O3/c1-23(2)8-7-9-24(3)28-12-13-29-27-11-10-25-22-26(38-31(37)34-18-19-35(6)20-21-36)14-16-32(25,4)30(27)15-17-33(28,29)5/h10,23-24,26-30,36H,7-9,11-22H2,1-6H3,(H,34,37)/t24-,26?,27+,28-,29+,30+,32?,33?/m1/s1. The molecule has 0 aromatic carbocycles. The van der Waals surface area contributed by atoms with Crippen LogP contribution in [0.5, 0.6) is 0 Å². The van der Waals surface area contributed by atoms with Crippen LogP contribution in [0.3, 0.4) is 0 Å². The number of carbonyl (C=O) groups is 1. The Morgan fingerprint density at radius 2 is 1.89 bits per heavy atom. The van der Waals surface area contributed by atoms with Gasteiger partial charge in [-0.25, -0.2) is 4.79 Å². The predicted octanol–water partition coefficient (Wildman–Crippen LogP) is 7.05. The van der Waals surface area contributed by atoms with E-state index in [2.05, 4.69) is 46.0 Å². The molecule has 4 aliphatic rings. The summed E-state index contributed by atoms with van der Waals surface area (Å²) in [5, 5.41) is 11.9. The number of nitrogens with one attached hydrogen (secondary N) is 1. The first-order chi connectivity index (χ1) is 18.1. The van der Waals surface area contributed by atoms with Gasteiger partial charge in [-0.3, -0.25) is 0 Å². The number of ether oxygens (including phenoxy) is 1. The summed E-state index contributed by atoms with van der Waals surface area (Å²) in [5.41, 5.74) is 2.39. The van der Waals surface area contributed by atoms with Gasteiger partial charge in [-0.15, -0.1) is 0 Å². The zero-order chi connectivity index (χ0) is 27.5. The van der Waals surface area contributed by atoms with Crippen LogP contribution < -0.4 is 5.32 Å². The molecule has 0 aliphatic heterocycles. The number of fused-ring (bicyclic) bond motifs is 5. The quantitative estimate of drug-likeness (QED) is 0.281. The zero-order valence-corrected chi connectivity index (χ0v) is 25.4. The smallest absolute Gasteiger partial charge is 0.407 e. The van der Waals surface area contributed by atoms with Gasteiger partial charge in [-0.1, -0.05) is 65.5 Å². The minimum atomic E-state index is -0.293. The fourth-order valence-corrected chi connectivity index (χ4v) is 9.58. The first kappa shape index (κ1) is 29.9. The first-order valence-corrected chi connectivity index (χ1v) is 16.0. The molecule has 4 aliphatic carbocycles. The van der Waals surface area contributed by atoms with Crippen molar-refractivity contribution in [1.82, 2.24) is 10.2 Å². The maximum Gasteiger partial charge on any atom is 0.407 e. The van der Waals surface area contributed by atoms with Crippen LogP contribution in [0.2, 0.25) is 0 Å². The molecule has 0 aromatic heterocycles. The van der Waals surface area contributed by atoms with E-state index in [0.717, 1.165) is 54.8 Å². The van der Waals surface area contributed by atoms with Gasteiger partial charge in [0.15, 0.2) is 0 Å². The van der Waals surface area contributed by atoms with Crippen molar-refractivity contribution in [3.63, 3.8) is 0 Å². The van der Waals surface area contributed by atoms with E-state index in [9.17, 15) is 4.79 Å². The van der Waals surface area contributed by atoms with Gasteiger partial charge in [0, 0.05) is 26.1 Å². The van der Waals surface area contributed by atoms with Gasteiger partial charge in [0.05, 0.1) is 6.61 Å². The molecule has 38 heavy (non-hydrogen) atoms. The van der Waals surface area contributed by atoms with E-state index in [-0.39, 0.29) is 24.2 Å². The zero-order valence-electron chi connectivity index (χ0n) is 25.4. The van der Waals surface area contributed by atoms with Crippen LogP contribution in [0.4, 0.5) is 4.79 Å². The average Bonchev–Trinajstić information content (AvgIpc) is 3.21. The molecule has 8 atom stereocenters. The van der Waals surface area contributed by atoms with E-state index < -0.39 is 0 Å². The number of hydrogen-bond acceptors (Lipinski definition) is 4. The van der Waals surface area contributed by atoms with Crippen molar-refractivity contribution in [2.75, 3.05) is 33.3 Å². The summed E-state index contributed by atoms with van der Waals surface area (Å²) < 4.78 is 5.88. The Labute approximate surface area is 233 Å². The maximum absolute atomic E-state index is 12.4. The van der Waals surface area contributed by atoms with Gasteiger partial charge in [0.25, 0.3) is 0 Å². The highest BCUT2D eigenvalue weighted by molar-refractivity contribution is 5.67. The van der Waals surface area contributed by atoms with Crippen molar-refractivity contribution < 1.29 is 14.6 Å². The lowest BCUT2D eigenvalue weighted by Crippen LogP contribution is -2.51. The number of hydrogen-bond donors (Lipinski definition) is 2. The molecule has 1 amide bonds. The van der Waals surface area contributed by atoms with E-state index in [1.807, 2.05) is 11.9 Å². The Hall–Kier alpha value is -1.07. The fourth-order valence-electron chi connectivity index (χ4n) is 9.58. The predicted molar refractivity (Wildman–Crippen MR) is 156 cm³/mol. The number of aliphatic hydroxyl groups is 1. The maximum atomic E-state index is 12.4. The van der Waals surface area contributed by atoms with Gasteiger partial charge in [0.1, 0.15) is 6.10 Å². The van der Waals surface area contributed by atoms with Crippen LogP contribution in [0.1, 0.15) is 105 Å². The van der Waals surface area contributed by atoms with E-state index in [4.69, 9.17) is 9.84 Å². The second kappa shape index (κ2) is 12.6.